The third kappa shape index (κ3) is 7.40. The van der Waals surface area contributed by atoms with Crippen LogP contribution >= 0.6 is 0 Å². The molecule has 2 heterocycles. The zero-order valence-corrected chi connectivity index (χ0v) is 16.2. The molecule has 0 spiro atoms. The predicted octanol–water partition coefficient (Wildman–Crippen LogP) is 1.12. The monoisotopic (exact) mass is 366 g/mol. The number of hydrogen-bond donors (Lipinski definition) is 0. The molecule has 0 N–H and O–H groups in total. The standard InChI is InChI=1S/C11H16N2O2.C7H14N2O2/c14-11(13-4-1-2-5-13)3-6-12-7-9-15-10-8-12;1-5(2)7(6(3)10)9(4)8-11/h1-2,4-5,7-10H2;5,7H,1-4H3. The van der Waals surface area contributed by atoms with Gasteiger partial charge in [-0.25, -0.2) is 0 Å². The largest absolute Gasteiger partial charge is 0.378 e. The number of Topliss-reactive ketones (excluding diaryl/α,β-unsaturated/α-hetero) is 1. The van der Waals surface area contributed by atoms with Gasteiger partial charge in [0.15, 0.2) is 5.78 Å². The molecule has 2 aliphatic heterocycles. The number of ether oxygens (including phenoxy) is 1. The van der Waals surface area contributed by atoms with Crippen LogP contribution in [0, 0.1) is 22.8 Å². The molecule has 1 atom stereocenters. The van der Waals surface area contributed by atoms with E-state index < -0.39 is 0 Å². The molecule has 0 saturated carbocycles. The third-order valence-corrected chi connectivity index (χ3v) is 4.30. The number of carbonyl (C=O) groups is 2. The minimum absolute atomic E-state index is 0.0258. The Kier molecular flexibility index (Phi) is 9.66. The van der Waals surface area contributed by atoms with Gasteiger partial charge in [-0.1, -0.05) is 13.8 Å². The molecule has 0 aromatic heterocycles. The second-order valence-electron chi connectivity index (χ2n) is 6.79. The van der Waals surface area contributed by atoms with Gasteiger partial charge in [-0.05, 0) is 25.7 Å². The second kappa shape index (κ2) is 11.5. The van der Waals surface area contributed by atoms with Gasteiger partial charge in [0.05, 0.1) is 18.5 Å². The van der Waals surface area contributed by atoms with Crippen LogP contribution < -0.4 is 0 Å². The van der Waals surface area contributed by atoms with Crippen LogP contribution in [0.1, 0.15) is 33.6 Å². The average molecular weight is 366 g/mol. The smallest absolute Gasteiger partial charge is 0.300 e. The Balaban J connectivity index is 0.000000276. The van der Waals surface area contributed by atoms with Gasteiger partial charge in [-0.3, -0.25) is 14.6 Å². The van der Waals surface area contributed by atoms with E-state index in [0.29, 0.717) is 13.2 Å². The van der Waals surface area contributed by atoms with Gasteiger partial charge >= 0.3 is 0 Å². The quantitative estimate of drug-likeness (QED) is 0.421. The predicted molar refractivity (Wildman–Crippen MR) is 98.8 cm³/mol. The number of amides is 1. The van der Waals surface area contributed by atoms with Crippen LogP contribution in [-0.4, -0.2) is 79.0 Å². The van der Waals surface area contributed by atoms with Gasteiger partial charge in [0.1, 0.15) is 6.04 Å². The Morgan fingerprint density at radius 1 is 1.12 bits per heavy atom. The number of nitrogens with zero attached hydrogens (tertiary/aromatic N) is 4. The highest BCUT2D eigenvalue weighted by Gasteiger charge is 2.22. The Hall–Kier alpha value is -2.14. The first-order valence-corrected chi connectivity index (χ1v) is 9.06. The summed E-state index contributed by atoms with van der Waals surface area (Å²) >= 11 is 0. The van der Waals surface area contributed by atoms with E-state index in [1.807, 2.05) is 23.6 Å². The lowest BCUT2D eigenvalue weighted by Crippen LogP contribution is -2.37. The van der Waals surface area contributed by atoms with E-state index in [2.05, 4.69) is 17.3 Å². The average Bonchev–Trinajstić information content (AvgIpc) is 3.15. The molecular formula is C18H30N4O4. The second-order valence-corrected chi connectivity index (χ2v) is 6.79. The Bertz CT molecular complexity index is 529. The number of likely N-dealkylation sites (N-methyl/N-ethyl adjacent to an activating group) is 1. The number of morpholine rings is 1. The number of rotatable bonds is 4. The van der Waals surface area contributed by atoms with Crippen molar-refractivity contribution in [1.82, 2.24) is 14.8 Å². The zero-order valence-electron chi connectivity index (χ0n) is 16.2. The summed E-state index contributed by atoms with van der Waals surface area (Å²) in [6, 6.07) is 2.53. The normalized spacial score (nSPS) is 17.6. The fourth-order valence-corrected chi connectivity index (χ4v) is 3.02. The maximum absolute atomic E-state index is 11.6. The van der Waals surface area contributed by atoms with Crippen molar-refractivity contribution in [3.8, 4) is 12.0 Å². The fraction of sp³-hybridized carbons (Fsp3) is 0.778. The summed E-state index contributed by atoms with van der Waals surface area (Å²) in [5.41, 5.74) is 0. The molecule has 2 aliphatic rings. The van der Waals surface area contributed by atoms with E-state index in [0.717, 1.165) is 44.0 Å². The SMILES string of the molecule is CC(=O)C(C(C)C)N(C)N=O.O=C(C#CN1CCOCC1)N1CCCC1. The van der Waals surface area contributed by atoms with Crippen molar-refractivity contribution in [2.45, 2.75) is 39.7 Å². The highest BCUT2D eigenvalue weighted by Crippen LogP contribution is 2.10. The number of hydrogen-bond acceptors (Lipinski definition) is 6. The van der Waals surface area contributed by atoms with Gasteiger partial charge in [0, 0.05) is 45.2 Å². The molecular weight excluding hydrogens is 336 g/mol. The fourth-order valence-electron chi connectivity index (χ4n) is 3.02. The molecule has 2 saturated heterocycles. The summed E-state index contributed by atoms with van der Waals surface area (Å²) in [4.78, 5) is 36.4. The van der Waals surface area contributed by atoms with Crippen molar-refractivity contribution in [3.63, 3.8) is 0 Å². The van der Waals surface area contributed by atoms with Crippen LogP contribution in [0.2, 0.25) is 0 Å². The van der Waals surface area contributed by atoms with Gasteiger partial charge in [0.2, 0.25) is 0 Å². The summed E-state index contributed by atoms with van der Waals surface area (Å²) < 4.78 is 5.20. The van der Waals surface area contributed by atoms with E-state index in [9.17, 15) is 14.5 Å². The van der Waals surface area contributed by atoms with Crippen LogP contribution in [0.25, 0.3) is 0 Å². The molecule has 26 heavy (non-hydrogen) atoms. The van der Waals surface area contributed by atoms with Gasteiger partial charge in [0.25, 0.3) is 5.91 Å². The lowest BCUT2D eigenvalue weighted by atomic mass is 10.0. The maximum atomic E-state index is 11.6. The van der Waals surface area contributed by atoms with Crippen LogP contribution in [0.4, 0.5) is 0 Å². The first-order valence-electron chi connectivity index (χ1n) is 9.06. The van der Waals surface area contributed by atoms with Crippen molar-refractivity contribution in [2.24, 2.45) is 11.2 Å². The van der Waals surface area contributed by atoms with Crippen molar-refractivity contribution in [2.75, 3.05) is 46.4 Å². The first kappa shape index (κ1) is 21.9. The van der Waals surface area contributed by atoms with Crippen molar-refractivity contribution < 1.29 is 14.3 Å². The Labute approximate surface area is 155 Å². The lowest BCUT2D eigenvalue weighted by molar-refractivity contribution is -0.124. The molecule has 0 aliphatic carbocycles. The molecule has 0 bridgehead atoms. The number of ketones is 1. The van der Waals surface area contributed by atoms with Crippen LogP contribution in [0.5, 0.6) is 0 Å². The van der Waals surface area contributed by atoms with Gasteiger partial charge in [-0.15, -0.1) is 4.91 Å². The zero-order chi connectivity index (χ0) is 19.5. The lowest BCUT2D eigenvalue weighted by Gasteiger charge is -2.23. The summed E-state index contributed by atoms with van der Waals surface area (Å²) in [5.74, 6) is 2.77. The van der Waals surface area contributed by atoms with E-state index in [1.54, 1.807) is 0 Å². The molecule has 2 rings (SSSR count). The highest BCUT2D eigenvalue weighted by atomic mass is 16.5. The summed E-state index contributed by atoms with van der Waals surface area (Å²) in [5, 5.41) is 3.85. The molecule has 0 aromatic carbocycles. The maximum Gasteiger partial charge on any atom is 0.300 e. The minimum Gasteiger partial charge on any atom is -0.378 e. The van der Waals surface area contributed by atoms with Crippen LogP contribution in [-0.2, 0) is 14.3 Å². The third-order valence-electron chi connectivity index (χ3n) is 4.30. The van der Waals surface area contributed by atoms with E-state index in [1.165, 1.54) is 14.0 Å². The highest BCUT2D eigenvalue weighted by molar-refractivity contribution is 5.93. The minimum atomic E-state index is -0.382. The Morgan fingerprint density at radius 2 is 1.69 bits per heavy atom. The van der Waals surface area contributed by atoms with Gasteiger partial charge < -0.3 is 14.5 Å². The first-order chi connectivity index (χ1) is 12.4. The molecule has 1 amide bonds. The van der Waals surface area contributed by atoms with Crippen molar-refractivity contribution in [1.29, 1.82) is 0 Å². The molecule has 8 nitrogen and oxygen atoms in total. The van der Waals surface area contributed by atoms with E-state index >= 15 is 0 Å². The summed E-state index contributed by atoms with van der Waals surface area (Å²) in [6.07, 6.45) is 2.23. The van der Waals surface area contributed by atoms with Crippen molar-refractivity contribution >= 4 is 11.7 Å². The molecule has 2 fully saturated rings. The molecule has 8 heteroatoms. The molecule has 146 valence electrons. The summed E-state index contributed by atoms with van der Waals surface area (Å²) in [7, 11) is 1.51. The van der Waals surface area contributed by atoms with Gasteiger partial charge in [-0.2, -0.15) is 0 Å². The van der Waals surface area contributed by atoms with E-state index in [4.69, 9.17) is 4.74 Å². The van der Waals surface area contributed by atoms with Crippen molar-refractivity contribution in [3.05, 3.63) is 4.91 Å². The topological polar surface area (TPSA) is 82.5 Å². The molecule has 1 unspecified atom stereocenters. The van der Waals surface area contributed by atoms with E-state index in [-0.39, 0.29) is 23.7 Å². The van der Waals surface area contributed by atoms with Crippen LogP contribution in [0.15, 0.2) is 5.29 Å². The summed E-state index contributed by atoms with van der Waals surface area (Å²) in [6.45, 7) is 10.0. The molecule has 0 aromatic rings. The van der Waals surface area contributed by atoms with Crippen LogP contribution in [0.3, 0.4) is 0 Å². The number of carbonyl (C=O) groups excluding carboxylic acids is 2. The number of nitroso groups, excluding NO2 is 1. The molecule has 0 radical (unpaired) electrons. The number of likely N-dealkylation sites (tertiary alicyclic amines) is 1. The Morgan fingerprint density at radius 3 is 2.12 bits per heavy atom.